The third kappa shape index (κ3) is 4.78. The van der Waals surface area contributed by atoms with Crippen LogP contribution in [0.3, 0.4) is 0 Å². The zero-order chi connectivity index (χ0) is 21.1. The third-order valence-electron chi connectivity index (χ3n) is 4.41. The number of amides is 2. The molecule has 6 nitrogen and oxygen atoms in total. The number of benzene rings is 2. The largest absolute Gasteiger partial charge is 0.343 e. The van der Waals surface area contributed by atoms with E-state index in [1.807, 2.05) is 32.9 Å². The SMILES string of the molecule is Cc1cc(C)c(NC(=O)CNC(=O)c2ccccc2S(=O)(=O)C(C)C)c(C)c1. The first-order chi connectivity index (χ1) is 13.0. The lowest BCUT2D eigenvalue weighted by Gasteiger charge is -2.14. The van der Waals surface area contributed by atoms with E-state index in [1.165, 1.54) is 12.1 Å². The molecule has 0 saturated carbocycles. The number of anilines is 1. The molecule has 0 aliphatic heterocycles. The molecule has 7 heteroatoms. The number of nitrogens with one attached hydrogen (secondary N) is 2. The predicted octanol–water partition coefficient (Wildman–Crippen LogP) is 3.16. The topological polar surface area (TPSA) is 92.3 Å². The smallest absolute Gasteiger partial charge is 0.253 e. The summed E-state index contributed by atoms with van der Waals surface area (Å²) >= 11 is 0. The van der Waals surface area contributed by atoms with Crippen molar-refractivity contribution in [1.82, 2.24) is 5.32 Å². The summed E-state index contributed by atoms with van der Waals surface area (Å²) in [5.74, 6) is -0.986. The predicted molar refractivity (Wildman–Crippen MR) is 110 cm³/mol. The number of hydrogen-bond donors (Lipinski definition) is 2. The van der Waals surface area contributed by atoms with Crippen LogP contribution in [-0.2, 0) is 14.6 Å². The summed E-state index contributed by atoms with van der Waals surface area (Å²) in [5, 5.41) is 4.65. The first kappa shape index (κ1) is 21.6. The molecule has 0 atom stereocenters. The highest BCUT2D eigenvalue weighted by Gasteiger charge is 2.25. The summed E-state index contributed by atoms with van der Waals surface area (Å²) < 4.78 is 25.0. The van der Waals surface area contributed by atoms with Gasteiger partial charge in [-0.05, 0) is 57.9 Å². The first-order valence-electron chi connectivity index (χ1n) is 9.03. The summed E-state index contributed by atoms with van der Waals surface area (Å²) in [7, 11) is -3.62. The van der Waals surface area contributed by atoms with Gasteiger partial charge in [-0.15, -0.1) is 0 Å². The Bertz CT molecular complexity index is 988. The van der Waals surface area contributed by atoms with E-state index in [0.29, 0.717) is 5.69 Å². The van der Waals surface area contributed by atoms with Crippen LogP contribution >= 0.6 is 0 Å². The van der Waals surface area contributed by atoms with Gasteiger partial charge in [-0.2, -0.15) is 0 Å². The van der Waals surface area contributed by atoms with E-state index < -0.39 is 21.0 Å². The molecule has 0 radical (unpaired) electrons. The van der Waals surface area contributed by atoms with Crippen LogP contribution in [-0.4, -0.2) is 32.0 Å². The maximum absolute atomic E-state index is 12.5. The average molecular weight is 403 g/mol. The fourth-order valence-electron chi connectivity index (χ4n) is 2.97. The van der Waals surface area contributed by atoms with Crippen molar-refractivity contribution in [1.29, 1.82) is 0 Å². The molecule has 0 spiro atoms. The number of hydrogen-bond acceptors (Lipinski definition) is 4. The van der Waals surface area contributed by atoms with Gasteiger partial charge in [0.25, 0.3) is 5.91 Å². The molecule has 2 amide bonds. The van der Waals surface area contributed by atoms with Gasteiger partial charge in [0.15, 0.2) is 9.84 Å². The van der Waals surface area contributed by atoms with Crippen molar-refractivity contribution < 1.29 is 18.0 Å². The van der Waals surface area contributed by atoms with Crippen molar-refractivity contribution in [3.8, 4) is 0 Å². The molecule has 2 aromatic carbocycles. The normalized spacial score (nSPS) is 11.4. The van der Waals surface area contributed by atoms with Gasteiger partial charge in [-0.25, -0.2) is 8.42 Å². The van der Waals surface area contributed by atoms with Crippen molar-refractivity contribution in [2.45, 2.75) is 44.8 Å². The molecule has 0 fully saturated rings. The second-order valence-electron chi connectivity index (χ2n) is 7.09. The highest BCUT2D eigenvalue weighted by atomic mass is 32.2. The van der Waals surface area contributed by atoms with Crippen LogP contribution in [0.2, 0.25) is 0 Å². The molecule has 2 N–H and O–H groups in total. The molecule has 0 saturated heterocycles. The molecule has 28 heavy (non-hydrogen) atoms. The Kier molecular flexibility index (Phi) is 6.61. The van der Waals surface area contributed by atoms with E-state index in [-0.39, 0.29) is 22.9 Å². The van der Waals surface area contributed by atoms with Crippen molar-refractivity contribution in [2.75, 3.05) is 11.9 Å². The summed E-state index contributed by atoms with van der Waals surface area (Å²) in [6.07, 6.45) is 0. The summed E-state index contributed by atoms with van der Waals surface area (Å²) in [6, 6.07) is 9.94. The van der Waals surface area contributed by atoms with Crippen LogP contribution < -0.4 is 10.6 Å². The molecule has 0 heterocycles. The monoisotopic (exact) mass is 402 g/mol. The van der Waals surface area contributed by atoms with Gasteiger partial charge in [0.2, 0.25) is 5.91 Å². The van der Waals surface area contributed by atoms with Gasteiger partial charge in [-0.3, -0.25) is 9.59 Å². The van der Waals surface area contributed by atoms with E-state index >= 15 is 0 Å². The second kappa shape index (κ2) is 8.56. The molecule has 2 rings (SSSR count). The lowest BCUT2D eigenvalue weighted by atomic mass is 10.1. The first-order valence-corrected chi connectivity index (χ1v) is 10.6. The van der Waals surface area contributed by atoms with Gasteiger partial charge in [0.05, 0.1) is 22.3 Å². The third-order valence-corrected chi connectivity index (χ3v) is 6.62. The standard InChI is InChI=1S/C21H26N2O4S/c1-13(2)28(26,27)18-9-7-6-8-17(18)21(25)22-12-19(24)23-20-15(4)10-14(3)11-16(20)5/h6-11,13H,12H2,1-5H3,(H,22,25)(H,23,24). The summed E-state index contributed by atoms with van der Waals surface area (Å²) in [4.78, 5) is 24.8. The van der Waals surface area contributed by atoms with E-state index in [0.717, 1.165) is 16.7 Å². The van der Waals surface area contributed by atoms with E-state index in [4.69, 9.17) is 0 Å². The van der Waals surface area contributed by atoms with Gasteiger partial charge >= 0.3 is 0 Å². The van der Waals surface area contributed by atoms with Gasteiger partial charge in [-0.1, -0.05) is 29.8 Å². The molecule has 0 aliphatic carbocycles. The summed E-state index contributed by atoms with van der Waals surface area (Å²) in [6.45, 7) is 8.64. The zero-order valence-electron chi connectivity index (χ0n) is 16.8. The van der Waals surface area contributed by atoms with Gasteiger partial charge < -0.3 is 10.6 Å². The van der Waals surface area contributed by atoms with Crippen LogP contribution in [0.15, 0.2) is 41.3 Å². The van der Waals surface area contributed by atoms with Crippen molar-refractivity contribution in [3.63, 3.8) is 0 Å². The van der Waals surface area contributed by atoms with E-state index in [2.05, 4.69) is 10.6 Å². The fraction of sp³-hybridized carbons (Fsp3) is 0.333. The number of aryl methyl sites for hydroxylation is 3. The number of rotatable bonds is 6. The molecule has 0 aliphatic rings. The Morgan fingerprint density at radius 3 is 2.14 bits per heavy atom. The Labute approximate surface area is 166 Å². The van der Waals surface area contributed by atoms with Crippen LogP contribution in [0, 0.1) is 20.8 Å². The maximum atomic E-state index is 12.5. The molecule has 2 aromatic rings. The number of sulfone groups is 1. The van der Waals surface area contributed by atoms with Crippen molar-refractivity contribution in [3.05, 3.63) is 58.7 Å². The minimum atomic E-state index is -3.62. The minimum absolute atomic E-state index is 0.0340. The molecule has 0 aromatic heterocycles. The molecule has 0 unspecified atom stereocenters. The van der Waals surface area contributed by atoms with Crippen molar-refractivity contribution in [2.24, 2.45) is 0 Å². The van der Waals surface area contributed by atoms with Crippen LogP contribution in [0.25, 0.3) is 0 Å². The van der Waals surface area contributed by atoms with Crippen LogP contribution in [0.1, 0.15) is 40.9 Å². The summed E-state index contributed by atoms with van der Waals surface area (Å²) in [5.41, 5.74) is 3.72. The zero-order valence-corrected chi connectivity index (χ0v) is 17.6. The Hall–Kier alpha value is -2.67. The van der Waals surface area contributed by atoms with Gasteiger partial charge in [0, 0.05) is 5.69 Å². The lowest BCUT2D eigenvalue weighted by Crippen LogP contribution is -2.34. The Morgan fingerprint density at radius 2 is 1.57 bits per heavy atom. The van der Waals surface area contributed by atoms with Crippen LogP contribution in [0.4, 0.5) is 5.69 Å². The number of carbonyl (C=O) groups is 2. The van der Waals surface area contributed by atoms with Crippen LogP contribution in [0.5, 0.6) is 0 Å². The van der Waals surface area contributed by atoms with E-state index in [1.54, 1.807) is 26.0 Å². The Morgan fingerprint density at radius 1 is 1.00 bits per heavy atom. The molecule has 0 bridgehead atoms. The quantitative estimate of drug-likeness (QED) is 0.776. The second-order valence-corrected chi connectivity index (χ2v) is 9.57. The van der Waals surface area contributed by atoms with Gasteiger partial charge in [0.1, 0.15) is 0 Å². The molecule has 150 valence electrons. The fourth-order valence-corrected chi connectivity index (χ4v) is 4.22. The molecular weight excluding hydrogens is 376 g/mol. The lowest BCUT2D eigenvalue weighted by molar-refractivity contribution is -0.115. The average Bonchev–Trinajstić information content (AvgIpc) is 2.62. The van der Waals surface area contributed by atoms with E-state index in [9.17, 15) is 18.0 Å². The van der Waals surface area contributed by atoms with Crippen molar-refractivity contribution >= 4 is 27.3 Å². The Balaban J connectivity index is 2.13. The molecular formula is C21H26N2O4S. The maximum Gasteiger partial charge on any atom is 0.253 e. The highest BCUT2D eigenvalue weighted by molar-refractivity contribution is 7.92. The minimum Gasteiger partial charge on any atom is -0.343 e. The highest BCUT2D eigenvalue weighted by Crippen LogP contribution is 2.22. The number of carbonyl (C=O) groups excluding carboxylic acids is 2.